The first-order valence-electron chi connectivity index (χ1n) is 35.8. The molecule has 52 heteroatoms. The number of nitrogens with zero attached hydrogens (tertiary/aromatic N) is 3. The van der Waals surface area contributed by atoms with Crippen molar-refractivity contribution >= 4 is 71.1 Å². The number of ether oxygens (including phenoxy) is 12. The van der Waals surface area contributed by atoms with Crippen LogP contribution < -0.4 is 21.7 Å². The fourth-order valence-corrected chi connectivity index (χ4v) is 12.5. The minimum atomic E-state index is -2.00. The lowest BCUT2D eigenvalue weighted by molar-refractivity contribution is -0.376. The number of carbonyl (C=O) groups is 12. The molecule has 9 saturated heterocycles. The second-order valence-electron chi connectivity index (χ2n) is 26.8. The zero-order valence-electron chi connectivity index (χ0n) is 61.2. The van der Waals surface area contributed by atoms with Crippen LogP contribution in [0.2, 0.25) is 0 Å². The Morgan fingerprint density at radius 1 is 0.365 bits per heavy atom. The van der Waals surface area contributed by atoms with Crippen LogP contribution in [0, 0.1) is 0 Å². The summed E-state index contributed by atoms with van der Waals surface area (Å²) in [6, 6.07) is -2.62. The molecule has 9 aliphatic heterocycles. The number of hydrogen-bond acceptors (Lipinski definition) is 46. The lowest BCUT2D eigenvalue weighted by atomic mass is 9.95. The summed E-state index contributed by atoms with van der Waals surface area (Å²) < 4.78 is 66.8. The van der Waals surface area contributed by atoms with Crippen LogP contribution in [0.4, 0.5) is 0 Å². The summed E-state index contributed by atoms with van der Waals surface area (Å²) in [6.45, 7) is -2.71. The fraction of sp³-hybridized carbons (Fsp3) is 0.810. The van der Waals surface area contributed by atoms with Crippen molar-refractivity contribution in [2.75, 3.05) is 65.9 Å². The molecule has 30 atom stereocenters. The number of hydroxylamine groups is 6. The molecule has 0 aliphatic carbocycles. The molecule has 9 rings (SSSR count). The molecular formula is C63H97N7O45. The Labute approximate surface area is 648 Å². The third-order valence-electron chi connectivity index (χ3n) is 18.5. The molecule has 0 spiro atoms. The maximum Gasteiger partial charge on any atom is 0.344 e. The van der Waals surface area contributed by atoms with E-state index in [1.807, 2.05) is 0 Å². The molecule has 9 aliphatic rings. The van der Waals surface area contributed by atoms with Crippen LogP contribution in [0.3, 0.4) is 0 Å². The van der Waals surface area contributed by atoms with Crippen molar-refractivity contribution in [1.82, 2.24) is 31.1 Å². The van der Waals surface area contributed by atoms with Crippen molar-refractivity contribution in [3.63, 3.8) is 0 Å². The lowest BCUT2D eigenvalue weighted by Crippen LogP contribution is -2.68. The first kappa shape index (κ1) is 95.1. The number of aliphatic hydroxyl groups is 18. The van der Waals surface area contributed by atoms with Gasteiger partial charge in [0.15, 0.2) is 37.7 Å². The SMILES string of the molecule is CC(=O)NC1[C@H](OCCCN)OC(CO)[C@@H](O[C@@H]2OC(CO)[C@H](O)[C@H](O[C@H]3OC(CO)[C@H](O)[C@H](O)C3O)C2O)[C@@H]1O.CC(=O)NC1[C@H](OCCNC(=O)CC(=O)ON2C(=O)CCC2=O)OC(CO)[C@@H](O[C@@H]2OC(CO)[C@H](O)[C@H](O[C@H]3OC(CO)[C@H](O)[C@H](O)C3O)C2O)[C@@H]1O.O=C(CC(=O)ON1C(=O)CCC1=O)ON1C(=O)CCC1=O. The van der Waals surface area contributed by atoms with Crippen molar-refractivity contribution in [2.45, 2.75) is 256 Å². The van der Waals surface area contributed by atoms with Crippen molar-refractivity contribution in [3.8, 4) is 0 Å². The smallest absolute Gasteiger partial charge is 0.344 e. The van der Waals surface area contributed by atoms with Gasteiger partial charge in [0, 0.05) is 58.9 Å². The Balaban J connectivity index is 0.000000260. The van der Waals surface area contributed by atoms with E-state index in [-0.39, 0.29) is 73.5 Å². The van der Waals surface area contributed by atoms with Gasteiger partial charge in [0.2, 0.25) is 17.7 Å². The normalized spacial score (nSPS) is 37.6. The van der Waals surface area contributed by atoms with Crippen LogP contribution in [0.25, 0.3) is 0 Å². The predicted octanol–water partition coefficient (Wildman–Crippen LogP) is -16.8. The number of aliphatic hydroxyl groups excluding tert-OH is 18. The summed E-state index contributed by atoms with van der Waals surface area (Å²) in [7, 11) is 0. The van der Waals surface area contributed by atoms with Crippen LogP contribution >= 0.6 is 0 Å². The van der Waals surface area contributed by atoms with Gasteiger partial charge in [-0.2, -0.15) is 0 Å². The van der Waals surface area contributed by atoms with E-state index in [2.05, 4.69) is 30.5 Å². The summed E-state index contributed by atoms with van der Waals surface area (Å²) in [5.74, 6) is -9.89. The monoisotopic (exact) mass is 1670 g/mol. The molecule has 0 saturated carbocycles. The van der Waals surface area contributed by atoms with Gasteiger partial charge in [-0.1, -0.05) is 0 Å². The van der Waals surface area contributed by atoms with Gasteiger partial charge in [-0.25, -0.2) is 14.4 Å². The quantitative estimate of drug-likeness (QED) is 0.0174. The average molecular weight is 1670 g/mol. The number of rotatable bonds is 31. The molecule has 0 aromatic rings. The van der Waals surface area contributed by atoms with Crippen molar-refractivity contribution < 1.29 is 221 Å². The maximum absolute atomic E-state index is 12.2. The minimum absolute atomic E-state index is 0.0761. The summed E-state index contributed by atoms with van der Waals surface area (Å²) in [5, 5.41) is 194. The third kappa shape index (κ3) is 24.4. The van der Waals surface area contributed by atoms with Crippen molar-refractivity contribution in [1.29, 1.82) is 0 Å². The molecule has 0 aromatic carbocycles. The summed E-state index contributed by atoms with van der Waals surface area (Å²) in [5.41, 5.74) is 5.48. The number of nitrogens with one attached hydrogen (secondary N) is 3. The Morgan fingerprint density at radius 3 is 0.965 bits per heavy atom. The fourth-order valence-electron chi connectivity index (χ4n) is 12.5. The molecule has 9 fully saturated rings. The molecular weight excluding hydrogens is 1570 g/mol. The number of carbonyl (C=O) groups excluding carboxylic acids is 12. The topological polar surface area (TPSA) is 779 Å². The van der Waals surface area contributed by atoms with Gasteiger partial charge in [-0.05, 0) is 13.0 Å². The Hall–Kier alpha value is -7.00. The zero-order chi connectivity index (χ0) is 85.1. The van der Waals surface area contributed by atoms with E-state index in [0.717, 1.165) is 6.92 Å². The average Bonchev–Trinajstić information content (AvgIpc) is 0.945. The molecule has 12 unspecified atom stereocenters. The van der Waals surface area contributed by atoms with E-state index >= 15 is 0 Å². The van der Waals surface area contributed by atoms with Crippen LogP contribution in [-0.2, 0) is 129 Å². The minimum Gasteiger partial charge on any atom is -0.394 e. The van der Waals surface area contributed by atoms with E-state index in [0.29, 0.717) is 13.0 Å². The molecule has 0 bridgehead atoms. The molecule has 654 valence electrons. The molecule has 115 heavy (non-hydrogen) atoms. The molecule has 52 nitrogen and oxygen atoms in total. The number of hydrogen-bond donors (Lipinski definition) is 22. The molecule has 23 N–H and O–H groups in total. The van der Waals surface area contributed by atoms with E-state index < -0.39 is 308 Å². The second kappa shape index (κ2) is 44.2. The number of amides is 9. The second-order valence-corrected chi connectivity index (χ2v) is 26.8. The maximum atomic E-state index is 12.2. The largest absolute Gasteiger partial charge is 0.394 e. The number of imide groups is 3. The first-order valence-corrected chi connectivity index (χ1v) is 35.8. The molecule has 9 amide bonds. The van der Waals surface area contributed by atoms with E-state index in [9.17, 15) is 149 Å². The van der Waals surface area contributed by atoms with Crippen LogP contribution in [0.5, 0.6) is 0 Å². The van der Waals surface area contributed by atoms with Gasteiger partial charge in [0.1, 0.15) is 159 Å². The summed E-state index contributed by atoms with van der Waals surface area (Å²) in [6.07, 6.45) is -48.7. The zero-order valence-corrected chi connectivity index (χ0v) is 61.2. The van der Waals surface area contributed by atoms with E-state index in [1.54, 1.807) is 0 Å². The van der Waals surface area contributed by atoms with Gasteiger partial charge < -0.3 is 185 Å². The van der Waals surface area contributed by atoms with Crippen LogP contribution in [-0.4, -0.2) is 428 Å². The highest BCUT2D eigenvalue weighted by molar-refractivity contribution is 6.04. The van der Waals surface area contributed by atoms with Gasteiger partial charge in [-0.3, -0.25) is 43.2 Å². The van der Waals surface area contributed by atoms with Crippen molar-refractivity contribution in [3.05, 3.63) is 0 Å². The first-order chi connectivity index (χ1) is 54.5. The van der Waals surface area contributed by atoms with E-state index in [4.69, 9.17) is 62.6 Å². The molecule has 0 aromatic heterocycles. The Kier molecular flexibility index (Phi) is 36.5. The molecule has 0 radical (unpaired) electrons. The Bertz CT molecular complexity index is 3200. The lowest BCUT2D eigenvalue weighted by Gasteiger charge is -2.48. The molecule has 9 heterocycles. The highest BCUT2D eigenvalue weighted by Crippen LogP contribution is 2.36. The predicted molar refractivity (Wildman–Crippen MR) is 351 cm³/mol. The van der Waals surface area contributed by atoms with Gasteiger partial charge in [0.25, 0.3) is 35.4 Å². The summed E-state index contributed by atoms with van der Waals surface area (Å²) in [4.78, 5) is 152. The Morgan fingerprint density at radius 2 is 0.652 bits per heavy atom. The van der Waals surface area contributed by atoms with Crippen molar-refractivity contribution in [2.24, 2.45) is 5.73 Å². The van der Waals surface area contributed by atoms with Gasteiger partial charge in [0.05, 0.1) is 52.9 Å². The van der Waals surface area contributed by atoms with Gasteiger partial charge in [-0.15, -0.1) is 15.2 Å². The van der Waals surface area contributed by atoms with E-state index in [1.165, 1.54) is 6.92 Å². The standard InChI is InChI=1S/C29H45N3O21.C23H42N2O16.C11H10N2O8/c1-10(36)31-18-21(43)25(13(9-35)50-27(18)47-5-4-30-14(37)6-17(40)53-32-15(38)2-3-16(32)39)51-29-24(46)26(20(42)12(8-34)49-29)52-28-23(45)22(44)19(41)11(7-33)48-28;1-8(29)25-12-15(32)19(11(7-28)39-21(12)36-4-2-3-24)40-23-18(35)20(14(31)10(6-27)38-23)41-22-17(34)16(33)13(30)9(5-26)37-22;14-6-1-2-7(15)12(6)20-10(18)5-11(19)21-13-8(16)3-4-9(13)17/h11-13,18-29,33-35,41-46H,2-9H2,1H3,(H,30,37)(H,31,36);9-23,26-28,30-35H,2-7,24H2,1H3,(H,25,29);1-5H2/t11?,12?,13?,18?,19-,20-,21+,22-,23?,24?,25+,26-,27+,28+,29-;9?,10?,11?,12?,13-,14-,15+,16-,17?,18?,19+,20-,21+,22+,23-;/m00./s1. The van der Waals surface area contributed by atoms with Crippen LogP contribution in [0.1, 0.15) is 71.6 Å². The van der Waals surface area contributed by atoms with Gasteiger partial charge >= 0.3 is 17.9 Å². The summed E-state index contributed by atoms with van der Waals surface area (Å²) >= 11 is 0. The number of nitrogens with two attached hydrogens (primary N) is 1. The third-order valence-corrected chi connectivity index (χ3v) is 18.5. The highest BCUT2D eigenvalue weighted by atomic mass is 16.8. The highest BCUT2D eigenvalue weighted by Gasteiger charge is 2.57. The van der Waals surface area contributed by atoms with Crippen LogP contribution in [0.15, 0.2) is 0 Å².